The Kier molecular flexibility index (Phi) is 5.90. The number of ether oxygens (including phenoxy) is 1. The van der Waals surface area contributed by atoms with E-state index in [0.717, 1.165) is 25.1 Å². The number of rotatable bonds is 7. The van der Waals surface area contributed by atoms with Gasteiger partial charge in [-0.2, -0.15) is 0 Å². The molecule has 1 rings (SSSR count). The molecule has 0 aliphatic carbocycles. The Labute approximate surface area is 97.7 Å². The molecule has 0 saturated carbocycles. The van der Waals surface area contributed by atoms with Gasteiger partial charge in [-0.25, -0.2) is 0 Å². The van der Waals surface area contributed by atoms with Crippen LogP contribution in [0.25, 0.3) is 0 Å². The molecule has 3 heteroatoms. The lowest BCUT2D eigenvalue weighted by molar-refractivity contribution is 0.261. The van der Waals surface area contributed by atoms with Crippen LogP contribution in [0.1, 0.15) is 12.0 Å². The van der Waals surface area contributed by atoms with Crippen molar-refractivity contribution in [3.63, 3.8) is 0 Å². The van der Waals surface area contributed by atoms with Crippen molar-refractivity contribution in [3.05, 3.63) is 29.8 Å². The molecule has 1 aromatic carbocycles. The van der Waals surface area contributed by atoms with Gasteiger partial charge in [0.2, 0.25) is 0 Å². The van der Waals surface area contributed by atoms with Crippen LogP contribution in [0.3, 0.4) is 0 Å². The average molecular weight is 223 g/mol. The molecule has 0 aromatic heterocycles. The van der Waals surface area contributed by atoms with Gasteiger partial charge >= 0.3 is 0 Å². The van der Waals surface area contributed by atoms with E-state index < -0.39 is 0 Å². The molecule has 0 atom stereocenters. The van der Waals surface area contributed by atoms with E-state index in [2.05, 4.69) is 17.0 Å². The fraction of sp³-hybridized carbons (Fsp3) is 0.538. The number of nitrogens with zero attached hydrogens (tertiary/aromatic N) is 1. The van der Waals surface area contributed by atoms with E-state index in [-0.39, 0.29) is 6.61 Å². The molecule has 0 fully saturated rings. The van der Waals surface area contributed by atoms with Gasteiger partial charge in [0, 0.05) is 13.2 Å². The summed E-state index contributed by atoms with van der Waals surface area (Å²) in [7, 11) is 4.06. The van der Waals surface area contributed by atoms with Crippen LogP contribution in [0.15, 0.2) is 24.3 Å². The first-order valence-corrected chi connectivity index (χ1v) is 5.69. The number of aryl methyl sites for hydroxylation is 1. The van der Waals surface area contributed by atoms with E-state index >= 15 is 0 Å². The molecule has 0 spiro atoms. The van der Waals surface area contributed by atoms with Crippen LogP contribution in [0.4, 0.5) is 0 Å². The SMILES string of the molecule is CN(C)CCOc1ccc(CCCO)cc1. The Morgan fingerprint density at radius 2 is 1.88 bits per heavy atom. The van der Waals surface area contributed by atoms with Crippen molar-refractivity contribution in [1.82, 2.24) is 4.90 Å². The van der Waals surface area contributed by atoms with Crippen molar-refractivity contribution >= 4 is 0 Å². The molecule has 0 saturated heterocycles. The summed E-state index contributed by atoms with van der Waals surface area (Å²) in [6.07, 6.45) is 1.75. The molecule has 0 bridgehead atoms. The van der Waals surface area contributed by atoms with E-state index in [0.29, 0.717) is 6.61 Å². The minimum atomic E-state index is 0.251. The Bertz CT molecular complexity index is 282. The number of aliphatic hydroxyl groups is 1. The van der Waals surface area contributed by atoms with Gasteiger partial charge in [0.1, 0.15) is 12.4 Å². The smallest absolute Gasteiger partial charge is 0.119 e. The van der Waals surface area contributed by atoms with Crippen LogP contribution in [0.2, 0.25) is 0 Å². The van der Waals surface area contributed by atoms with Gasteiger partial charge in [-0.05, 0) is 44.6 Å². The van der Waals surface area contributed by atoms with Gasteiger partial charge in [-0.1, -0.05) is 12.1 Å². The Morgan fingerprint density at radius 3 is 2.44 bits per heavy atom. The number of likely N-dealkylation sites (N-methyl/N-ethyl adjacent to an activating group) is 1. The highest BCUT2D eigenvalue weighted by atomic mass is 16.5. The molecular formula is C13H21NO2. The van der Waals surface area contributed by atoms with E-state index in [1.165, 1.54) is 5.56 Å². The molecule has 1 aromatic rings. The second-order valence-corrected chi connectivity index (χ2v) is 4.12. The molecule has 0 radical (unpaired) electrons. The summed E-state index contributed by atoms with van der Waals surface area (Å²) in [6.45, 7) is 1.89. The van der Waals surface area contributed by atoms with E-state index in [1.807, 2.05) is 26.2 Å². The monoisotopic (exact) mass is 223 g/mol. The van der Waals surface area contributed by atoms with Gasteiger partial charge in [-0.3, -0.25) is 0 Å². The number of benzene rings is 1. The van der Waals surface area contributed by atoms with Gasteiger partial charge in [-0.15, -0.1) is 0 Å². The maximum atomic E-state index is 8.72. The number of hydrogen-bond acceptors (Lipinski definition) is 3. The second kappa shape index (κ2) is 7.25. The molecule has 0 heterocycles. The third-order valence-corrected chi connectivity index (χ3v) is 2.35. The fourth-order valence-electron chi connectivity index (χ4n) is 1.38. The molecule has 0 aliphatic heterocycles. The molecule has 1 N–H and O–H groups in total. The molecule has 16 heavy (non-hydrogen) atoms. The van der Waals surface area contributed by atoms with Crippen molar-refractivity contribution in [2.24, 2.45) is 0 Å². The summed E-state index contributed by atoms with van der Waals surface area (Å²) >= 11 is 0. The second-order valence-electron chi connectivity index (χ2n) is 4.12. The van der Waals surface area contributed by atoms with Crippen LogP contribution in [0.5, 0.6) is 5.75 Å². The van der Waals surface area contributed by atoms with Crippen molar-refractivity contribution in [3.8, 4) is 5.75 Å². The third kappa shape index (κ3) is 5.14. The fourth-order valence-corrected chi connectivity index (χ4v) is 1.38. The zero-order chi connectivity index (χ0) is 11.8. The van der Waals surface area contributed by atoms with Crippen LogP contribution >= 0.6 is 0 Å². The van der Waals surface area contributed by atoms with E-state index in [4.69, 9.17) is 9.84 Å². The highest BCUT2D eigenvalue weighted by molar-refractivity contribution is 5.27. The summed E-state index contributed by atoms with van der Waals surface area (Å²) in [6, 6.07) is 8.09. The summed E-state index contributed by atoms with van der Waals surface area (Å²) in [5.41, 5.74) is 1.24. The van der Waals surface area contributed by atoms with Crippen LogP contribution in [0, 0.1) is 0 Å². The molecule has 0 unspecified atom stereocenters. The number of aliphatic hydroxyl groups excluding tert-OH is 1. The predicted octanol–water partition coefficient (Wildman–Crippen LogP) is 1.55. The zero-order valence-corrected chi connectivity index (χ0v) is 10.1. The highest BCUT2D eigenvalue weighted by Crippen LogP contribution is 2.13. The van der Waals surface area contributed by atoms with E-state index in [1.54, 1.807) is 0 Å². The molecule has 90 valence electrons. The van der Waals surface area contributed by atoms with E-state index in [9.17, 15) is 0 Å². The predicted molar refractivity (Wildman–Crippen MR) is 65.9 cm³/mol. The lowest BCUT2D eigenvalue weighted by atomic mass is 10.1. The third-order valence-electron chi connectivity index (χ3n) is 2.35. The van der Waals surface area contributed by atoms with Gasteiger partial charge in [0.25, 0.3) is 0 Å². The standard InChI is InChI=1S/C13H21NO2/c1-14(2)9-11-16-13-7-5-12(6-8-13)4-3-10-15/h5-8,15H,3-4,9-11H2,1-2H3. The first-order chi connectivity index (χ1) is 7.72. The first kappa shape index (κ1) is 13.0. The van der Waals surface area contributed by atoms with Crippen molar-refractivity contribution in [2.75, 3.05) is 33.9 Å². The Morgan fingerprint density at radius 1 is 1.19 bits per heavy atom. The minimum Gasteiger partial charge on any atom is -0.492 e. The summed E-state index contributed by atoms with van der Waals surface area (Å²) < 4.78 is 5.59. The van der Waals surface area contributed by atoms with Gasteiger partial charge in [0.05, 0.1) is 0 Å². The van der Waals surface area contributed by atoms with Crippen LogP contribution in [-0.4, -0.2) is 43.9 Å². The normalized spacial score (nSPS) is 10.8. The Hall–Kier alpha value is -1.06. The molecule has 0 aliphatic rings. The molecular weight excluding hydrogens is 202 g/mol. The summed E-state index contributed by atoms with van der Waals surface area (Å²) in [5.74, 6) is 0.912. The van der Waals surface area contributed by atoms with Crippen molar-refractivity contribution in [2.45, 2.75) is 12.8 Å². The van der Waals surface area contributed by atoms with Gasteiger partial charge < -0.3 is 14.7 Å². The molecule has 0 amide bonds. The molecule has 3 nitrogen and oxygen atoms in total. The topological polar surface area (TPSA) is 32.7 Å². The first-order valence-electron chi connectivity index (χ1n) is 5.69. The minimum absolute atomic E-state index is 0.251. The van der Waals surface area contributed by atoms with Gasteiger partial charge in [0.15, 0.2) is 0 Å². The van der Waals surface area contributed by atoms with Crippen molar-refractivity contribution in [1.29, 1.82) is 0 Å². The largest absolute Gasteiger partial charge is 0.492 e. The lowest BCUT2D eigenvalue weighted by Gasteiger charge is -2.11. The summed E-state index contributed by atoms with van der Waals surface area (Å²) in [4.78, 5) is 2.09. The quantitative estimate of drug-likeness (QED) is 0.761. The Balaban J connectivity index is 2.33. The maximum Gasteiger partial charge on any atom is 0.119 e. The maximum absolute atomic E-state index is 8.72. The number of hydrogen-bond donors (Lipinski definition) is 1. The van der Waals surface area contributed by atoms with Crippen molar-refractivity contribution < 1.29 is 9.84 Å². The van der Waals surface area contributed by atoms with Crippen LogP contribution in [-0.2, 0) is 6.42 Å². The van der Waals surface area contributed by atoms with Crippen LogP contribution < -0.4 is 4.74 Å². The summed E-state index contributed by atoms with van der Waals surface area (Å²) in [5, 5.41) is 8.72. The average Bonchev–Trinajstić information content (AvgIpc) is 2.27. The highest BCUT2D eigenvalue weighted by Gasteiger charge is 1.96. The lowest BCUT2D eigenvalue weighted by Crippen LogP contribution is -2.19. The zero-order valence-electron chi connectivity index (χ0n) is 10.1.